The number of carbonyl (C=O) groups excluding carboxylic acids is 2. The lowest BCUT2D eigenvalue weighted by Crippen LogP contribution is -2.41. The molecule has 1 unspecified atom stereocenters. The molecule has 1 atom stereocenters. The highest BCUT2D eigenvalue weighted by atomic mass is 35.5. The van der Waals surface area contributed by atoms with Crippen molar-refractivity contribution in [2.45, 2.75) is 32.9 Å². The first kappa shape index (κ1) is 18.6. The predicted molar refractivity (Wildman–Crippen MR) is 93.9 cm³/mol. The third kappa shape index (κ3) is 5.13. The summed E-state index contributed by atoms with van der Waals surface area (Å²) in [5, 5.41) is 0. The fraction of sp³-hybridized carbons (Fsp3) is 0.556. The van der Waals surface area contributed by atoms with Gasteiger partial charge in [-0.25, -0.2) is 4.79 Å². The highest BCUT2D eigenvalue weighted by molar-refractivity contribution is 6.27. The van der Waals surface area contributed by atoms with Gasteiger partial charge < -0.3 is 14.5 Å². The summed E-state index contributed by atoms with van der Waals surface area (Å²) in [6.07, 6.45) is 0.577. The van der Waals surface area contributed by atoms with E-state index < -0.39 is 0 Å². The van der Waals surface area contributed by atoms with Crippen LogP contribution in [0.25, 0.3) is 0 Å². The molecule has 0 bridgehead atoms. The molecule has 0 aliphatic carbocycles. The Balaban J connectivity index is 1.87. The number of carbonyl (C=O) groups is 2. The number of nitrogens with zero attached hydrogens (tertiary/aromatic N) is 2. The first-order chi connectivity index (χ1) is 11.5. The van der Waals surface area contributed by atoms with Gasteiger partial charge in [0.1, 0.15) is 12.5 Å². The van der Waals surface area contributed by atoms with Crippen LogP contribution in [-0.2, 0) is 16.1 Å². The Morgan fingerprint density at radius 3 is 2.67 bits per heavy atom. The van der Waals surface area contributed by atoms with Crippen LogP contribution < -0.4 is 0 Å². The Hall–Kier alpha value is -1.75. The van der Waals surface area contributed by atoms with Crippen LogP contribution in [0, 0.1) is 5.92 Å². The molecule has 5 nitrogen and oxygen atoms in total. The second-order valence-corrected chi connectivity index (χ2v) is 6.68. The number of ether oxygens (including phenoxy) is 1. The molecular weight excluding hydrogens is 328 g/mol. The maximum atomic E-state index is 12.4. The summed E-state index contributed by atoms with van der Waals surface area (Å²) >= 11 is 5.61. The van der Waals surface area contributed by atoms with E-state index in [0.717, 1.165) is 12.0 Å². The Kier molecular flexibility index (Phi) is 6.91. The molecule has 132 valence electrons. The summed E-state index contributed by atoms with van der Waals surface area (Å²) < 4.78 is 5.44. The number of alkyl halides is 1. The van der Waals surface area contributed by atoms with E-state index in [4.69, 9.17) is 16.3 Å². The van der Waals surface area contributed by atoms with E-state index in [1.165, 1.54) is 0 Å². The molecule has 0 N–H and O–H groups in total. The van der Waals surface area contributed by atoms with Crippen LogP contribution in [0.2, 0.25) is 0 Å². The standard InChI is InChI=1S/C18H25ClN2O3/c1-14(2)21(12-16-8-9-20(11-16)17(22)10-19)18(23)24-13-15-6-4-3-5-7-15/h3-7,14,16H,8-13H2,1-2H3. The van der Waals surface area contributed by atoms with E-state index in [0.29, 0.717) is 19.6 Å². The molecule has 1 aliphatic rings. The quantitative estimate of drug-likeness (QED) is 0.739. The third-order valence-corrected chi connectivity index (χ3v) is 4.50. The molecule has 1 saturated heterocycles. The molecule has 24 heavy (non-hydrogen) atoms. The van der Waals surface area contributed by atoms with Gasteiger partial charge in [-0.1, -0.05) is 30.3 Å². The number of amides is 2. The van der Waals surface area contributed by atoms with Crippen LogP contribution in [0.5, 0.6) is 0 Å². The summed E-state index contributed by atoms with van der Waals surface area (Å²) in [4.78, 5) is 27.6. The molecule has 1 heterocycles. The summed E-state index contributed by atoms with van der Waals surface area (Å²) in [6.45, 7) is 6.17. The summed E-state index contributed by atoms with van der Waals surface area (Å²) in [5.74, 6) is 0.241. The van der Waals surface area contributed by atoms with E-state index >= 15 is 0 Å². The van der Waals surface area contributed by atoms with Crippen LogP contribution in [-0.4, -0.2) is 53.4 Å². The van der Waals surface area contributed by atoms with Crippen molar-refractivity contribution in [3.63, 3.8) is 0 Å². The molecule has 1 aromatic carbocycles. The molecule has 1 aliphatic heterocycles. The second kappa shape index (κ2) is 8.92. The molecule has 0 spiro atoms. The first-order valence-corrected chi connectivity index (χ1v) is 8.85. The number of benzene rings is 1. The zero-order valence-electron chi connectivity index (χ0n) is 14.3. The average molecular weight is 353 g/mol. The predicted octanol–water partition coefficient (Wildman–Crippen LogP) is 3.12. The van der Waals surface area contributed by atoms with Crippen molar-refractivity contribution in [2.24, 2.45) is 5.92 Å². The molecular formula is C18H25ClN2O3. The lowest BCUT2D eigenvalue weighted by Gasteiger charge is -2.28. The van der Waals surface area contributed by atoms with Gasteiger partial charge in [-0.05, 0) is 31.7 Å². The topological polar surface area (TPSA) is 49.9 Å². The van der Waals surface area contributed by atoms with Gasteiger partial charge in [-0.2, -0.15) is 0 Å². The summed E-state index contributed by atoms with van der Waals surface area (Å²) in [7, 11) is 0. The SMILES string of the molecule is CC(C)N(CC1CCN(C(=O)CCl)C1)C(=O)OCc1ccccc1. The largest absolute Gasteiger partial charge is 0.445 e. The van der Waals surface area contributed by atoms with Gasteiger partial charge in [0.25, 0.3) is 0 Å². The highest BCUT2D eigenvalue weighted by Gasteiger charge is 2.30. The summed E-state index contributed by atoms with van der Waals surface area (Å²) in [6, 6.07) is 9.68. The van der Waals surface area contributed by atoms with Gasteiger partial charge >= 0.3 is 6.09 Å². The van der Waals surface area contributed by atoms with Crippen molar-refractivity contribution >= 4 is 23.6 Å². The molecule has 0 saturated carbocycles. The van der Waals surface area contributed by atoms with Crippen molar-refractivity contribution in [3.05, 3.63) is 35.9 Å². The van der Waals surface area contributed by atoms with Crippen LogP contribution in [0.15, 0.2) is 30.3 Å². The monoisotopic (exact) mass is 352 g/mol. The maximum Gasteiger partial charge on any atom is 0.410 e. The molecule has 1 aromatic rings. The summed E-state index contributed by atoms with van der Waals surface area (Å²) in [5.41, 5.74) is 0.967. The Morgan fingerprint density at radius 2 is 2.04 bits per heavy atom. The zero-order chi connectivity index (χ0) is 17.5. The van der Waals surface area contributed by atoms with E-state index in [-0.39, 0.29) is 36.4 Å². The normalized spacial score (nSPS) is 17.2. The molecule has 1 fully saturated rings. The van der Waals surface area contributed by atoms with Crippen LogP contribution in [0.1, 0.15) is 25.8 Å². The smallest absolute Gasteiger partial charge is 0.410 e. The molecule has 0 radical (unpaired) electrons. The van der Waals surface area contributed by atoms with E-state index in [2.05, 4.69) is 0 Å². The van der Waals surface area contributed by atoms with E-state index in [9.17, 15) is 9.59 Å². The number of likely N-dealkylation sites (tertiary alicyclic amines) is 1. The fourth-order valence-electron chi connectivity index (χ4n) is 2.87. The number of halogens is 1. The number of hydrogen-bond acceptors (Lipinski definition) is 3. The van der Waals surface area contributed by atoms with Gasteiger partial charge in [0.2, 0.25) is 5.91 Å². The fourth-order valence-corrected chi connectivity index (χ4v) is 3.04. The minimum Gasteiger partial charge on any atom is -0.445 e. The minimum absolute atomic E-state index is 0.0136. The maximum absolute atomic E-state index is 12.4. The van der Waals surface area contributed by atoms with E-state index in [1.54, 1.807) is 9.80 Å². The van der Waals surface area contributed by atoms with Crippen molar-refractivity contribution in [1.29, 1.82) is 0 Å². The lowest BCUT2D eigenvalue weighted by atomic mass is 10.1. The molecule has 6 heteroatoms. The Bertz CT molecular complexity index is 550. The van der Waals surface area contributed by atoms with Gasteiger partial charge in [0.15, 0.2) is 0 Å². The average Bonchev–Trinajstić information content (AvgIpc) is 3.06. The van der Waals surface area contributed by atoms with Crippen molar-refractivity contribution in [1.82, 2.24) is 9.80 Å². The van der Waals surface area contributed by atoms with Crippen LogP contribution in [0.3, 0.4) is 0 Å². The van der Waals surface area contributed by atoms with Gasteiger partial charge in [0, 0.05) is 25.7 Å². The third-order valence-electron chi connectivity index (χ3n) is 4.27. The Labute approximate surface area is 148 Å². The molecule has 2 amide bonds. The number of hydrogen-bond donors (Lipinski definition) is 0. The van der Waals surface area contributed by atoms with Gasteiger partial charge in [-0.15, -0.1) is 11.6 Å². The minimum atomic E-state index is -0.309. The van der Waals surface area contributed by atoms with E-state index in [1.807, 2.05) is 44.2 Å². The second-order valence-electron chi connectivity index (χ2n) is 6.41. The van der Waals surface area contributed by atoms with Crippen molar-refractivity contribution in [2.75, 3.05) is 25.5 Å². The van der Waals surface area contributed by atoms with Crippen molar-refractivity contribution < 1.29 is 14.3 Å². The van der Waals surface area contributed by atoms with Gasteiger partial charge in [0.05, 0.1) is 0 Å². The molecule has 0 aromatic heterocycles. The zero-order valence-corrected chi connectivity index (χ0v) is 15.0. The van der Waals surface area contributed by atoms with Crippen molar-refractivity contribution in [3.8, 4) is 0 Å². The Morgan fingerprint density at radius 1 is 1.33 bits per heavy atom. The lowest BCUT2D eigenvalue weighted by molar-refractivity contribution is -0.127. The first-order valence-electron chi connectivity index (χ1n) is 8.32. The number of rotatable bonds is 6. The van der Waals surface area contributed by atoms with Crippen LogP contribution >= 0.6 is 11.6 Å². The molecule has 2 rings (SSSR count). The van der Waals surface area contributed by atoms with Crippen LogP contribution in [0.4, 0.5) is 4.79 Å². The highest BCUT2D eigenvalue weighted by Crippen LogP contribution is 2.20. The van der Waals surface area contributed by atoms with Gasteiger partial charge in [-0.3, -0.25) is 4.79 Å².